The smallest absolute Gasteiger partial charge is 0.410 e. The Morgan fingerprint density at radius 2 is 1.57 bits per heavy atom. The molecule has 8 nitrogen and oxygen atoms in total. The molecule has 5 rings (SSSR count). The number of likely N-dealkylation sites (tertiary alicyclic amines) is 1. The van der Waals surface area contributed by atoms with Crippen molar-refractivity contribution < 1.29 is 23.8 Å². The van der Waals surface area contributed by atoms with Crippen molar-refractivity contribution in [2.24, 2.45) is 0 Å². The zero-order valence-electron chi connectivity index (χ0n) is 22.0. The summed E-state index contributed by atoms with van der Waals surface area (Å²) in [6.07, 6.45) is 2.24. The van der Waals surface area contributed by atoms with Gasteiger partial charge in [-0.05, 0) is 74.1 Å². The van der Waals surface area contributed by atoms with Crippen molar-refractivity contribution in [2.45, 2.75) is 57.8 Å². The number of ether oxygens (including phenoxy) is 3. The van der Waals surface area contributed by atoms with Gasteiger partial charge in [-0.15, -0.1) is 0 Å². The zero-order valence-corrected chi connectivity index (χ0v) is 22.0. The Kier molecular flexibility index (Phi) is 7.14. The monoisotopic (exact) mass is 507 g/mol. The van der Waals surface area contributed by atoms with Crippen molar-refractivity contribution in [1.29, 1.82) is 0 Å². The third-order valence-electron chi connectivity index (χ3n) is 7.35. The molecule has 0 radical (unpaired) electrons. The van der Waals surface area contributed by atoms with Gasteiger partial charge in [-0.2, -0.15) is 0 Å². The average Bonchev–Trinajstić information content (AvgIpc) is 2.89. The minimum atomic E-state index is -0.485. The third kappa shape index (κ3) is 6.08. The van der Waals surface area contributed by atoms with Crippen LogP contribution < -0.4 is 5.32 Å². The number of carbonyl (C=O) groups excluding carboxylic acids is 2. The van der Waals surface area contributed by atoms with Crippen molar-refractivity contribution in [3.8, 4) is 11.1 Å². The van der Waals surface area contributed by atoms with Crippen LogP contribution in [0.3, 0.4) is 0 Å². The lowest BCUT2D eigenvalue weighted by molar-refractivity contribution is -0.102. The summed E-state index contributed by atoms with van der Waals surface area (Å²) in [5.41, 5.74) is 4.83. The van der Waals surface area contributed by atoms with Crippen LogP contribution in [0.5, 0.6) is 0 Å². The number of hydrogen-bond acceptors (Lipinski definition) is 5. The molecular formula is C29H37N3O5. The molecule has 0 unspecified atom stereocenters. The molecule has 0 atom stereocenters. The van der Waals surface area contributed by atoms with Gasteiger partial charge >= 0.3 is 12.1 Å². The number of nitrogens with one attached hydrogen (secondary N) is 1. The first-order chi connectivity index (χ1) is 17.7. The standard InChI is InChI=1S/C29H37N3O5/c1-28(2,3)37-27(34)32-12-10-29(11-13-32)19-23-5-4-22(18-24(23)20-36-29)21-6-8-25(9-7-21)30-26(33)31-14-16-35-17-15-31/h4-9,18H,10-17,19-20H2,1-3H3,(H,30,33). The summed E-state index contributed by atoms with van der Waals surface area (Å²) in [4.78, 5) is 28.4. The van der Waals surface area contributed by atoms with Gasteiger partial charge in [0.2, 0.25) is 0 Å². The van der Waals surface area contributed by atoms with E-state index in [-0.39, 0.29) is 17.7 Å². The maximum absolute atomic E-state index is 12.4. The quantitative estimate of drug-likeness (QED) is 0.615. The van der Waals surface area contributed by atoms with E-state index in [2.05, 4.69) is 23.5 Å². The molecule has 198 valence electrons. The largest absolute Gasteiger partial charge is 0.444 e. The van der Waals surface area contributed by atoms with Crippen LogP contribution in [0, 0.1) is 0 Å². The normalized spacial score (nSPS) is 19.3. The highest BCUT2D eigenvalue weighted by Gasteiger charge is 2.40. The summed E-state index contributed by atoms with van der Waals surface area (Å²) in [6, 6.07) is 14.4. The third-order valence-corrected chi connectivity index (χ3v) is 7.35. The van der Waals surface area contributed by atoms with E-state index < -0.39 is 5.60 Å². The molecule has 3 heterocycles. The summed E-state index contributed by atoms with van der Waals surface area (Å²) >= 11 is 0. The van der Waals surface area contributed by atoms with Crippen molar-refractivity contribution in [1.82, 2.24) is 9.80 Å². The number of nitrogens with zero attached hydrogens (tertiary/aromatic N) is 2. The Hall–Kier alpha value is -3.10. The highest BCUT2D eigenvalue weighted by molar-refractivity contribution is 5.89. The first-order valence-electron chi connectivity index (χ1n) is 13.2. The van der Waals surface area contributed by atoms with Gasteiger partial charge in [-0.3, -0.25) is 0 Å². The van der Waals surface area contributed by atoms with Gasteiger partial charge < -0.3 is 29.3 Å². The molecule has 3 amide bonds. The highest BCUT2D eigenvalue weighted by Crippen LogP contribution is 2.38. The SMILES string of the molecule is CC(C)(C)OC(=O)N1CCC2(CC1)Cc1ccc(-c3ccc(NC(=O)N4CCOCC4)cc3)cc1CO2. The van der Waals surface area contributed by atoms with E-state index in [0.717, 1.165) is 36.1 Å². The van der Waals surface area contributed by atoms with E-state index in [0.29, 0.717) is 46.0 Å². The Labute approximate surface area is 218 Å². The van der Waals surface area contributed by atoms with Gasteiger partial charge in [0.05, 0.1) is 25.4 Å². The Bertz CT molecular complexity index is 1130. The molecular weight excluding hydrogens is 470 g/mol. The Morgan fingerprint density at radius 1 is 0.892 bits per heavy atom. The summed E-state index contributed by atoms with van der Waals surface area (Å²) in [6.45, 7) is 9.95. The number of benzene rings is 2. The van der Waals surface area contributed by atoms with Gasteiger partial charge in [0.1, 0.15) is 5.60 Å². The van der Waals surface area contributed by atoms with Gasteiger partial charge in [0, 0.05) is 38.3 Å². The van der Waals surface area contributed by atoms with Crippen LogP contribution in [0.4, 0.5) is 15.3 Å². The van der Waals surface area contributed by atoms with Gasteiger partial charge in [-0.25, -0.2) is 9.59 Å². The molecule has 1 spiro atoms. The zero-order chi connectivity index (χ0) is 26.0. The number of fused-ring (bicyclic) bond motifs is 1. The van der Waals surface area contributed by atoms with E-state index >= 15 is 0 Å². The predicted molar refractivity (Wildman–Crippen MR) is 142 cm³/mol. The maximum Gasteiger partial charge on any atom is 0.410 e. The van der Waals surface area contributed by atoms with E-state index in [1.54, 1.807) is 9.80 Å². The maximum atomic E-state index is 12.4. The minimum Gasteiger partial charge on any atom is -0.444 e. The molecule has 3 aliphatic heterocycles. The van der Waals surface area contributed by atoms with Crippen LogP contribution in [-0.4, -0.2) is 72.5 Å². The number of amides is 3. The molecule has 2 aromatic rings. The number of hydrogen-bond donors (Lipinski definition) is 1. The number of carbonyl (C=O) groups is 2. The number of urea groups is 1. The molecule has 0 aromatic heterocycles. The molecule has 2 fully saturated rings. The van der Waals surface area contributed by atoms with Crippen LogP contribution in [0.1, 0.15) is 44.7 Å². The van der Waals surface area contributed by atoms with Gasteiger partial charge in [0.25, 0.3) is 0 Å². The second-order valence-electron chi connectivity index (χ2n) is 11.2. The number of morpholine rings is 1. The summed E-state index contributed by atoms with van der Waals surface area (Å²) in [5.74, 6) is 0. The van der Waals surface area contributed by atoms with E-state index in [4.69, 9.17) is 14.2 Å². The summed E-state index contributed by atoms with van der Waals surface area (Å²) in [7, 11) is 0. The molecule has 2 aromatic carbocycles. The lowest BCUT2D eigenvalue weighted by Gasteiger charge is -2.44. The van der Waals surface area contributed by atoms with Crippen molar-refractivity contribution >= 4 is 17.8 Å². The fraction of sp³-hybridized carbons (Fsp3) is 0.517. The van der Waals surface area contributed by atoms with Crippen molar-refractivity contribution in [3.63, 3.8) is 0 Å². The lowest BCUT2D eigenvalue weighted by Crippen LogP contribution is -2.51. The second-order valence-corrected chi connectivity index (χ2v) is 11.2. The summed E-state index contributed by atoms with van der Waals surface area (Å²) in [5, 5.41) is 2.97. The van der Waals surface area contributed by atoms with Crippen LogP contribution in [0.25, 0.3) is 11.1 Å². The number of anilines is 1. The molecule has 0 aliphatic carbocycles. The predicted octanol–water partition coefficient (Wildman–Crippen LogP) is 5.06. The molecule has 0 bridgehead atoms. The van der Waals surface area contributed by atoms with E-state index in [1.807, 2.05) is 45.0 Å². The molecule has 8 heteroatoms. The molecule has 37 heavy (non-hydrogen) atoms. The van der Waals surface area contributed by atoms with Crippen LogP contribution in [-0.2, 0) is 27.2 Å². The average molecular weight is 508 g/mol. The molecule has 2 saturated heterocycles. The fourth-order valence-electron chi connectivity index (χ4n) is 5.20. The highest BCUT2D eigenvalue weighted by atomic mass is 16.6. The van der Waals surface area contributed by atoms with Crippen LogP contribution in [0.15, 0.2) is 42.5 Å². The van der Waals surface area contributed by atoms with Crippen LogP contribution in [0.2, 0.25) is 0 Å². The molecule has 3 aliphatic rings. The second kappa shape index (κ2) is 10.3. The lowest BCUT2D eigenvalue weighted by atomic mass is 9.81. The molecule has 0 saturated carbocycles. The topological polar surface area (TPSA) is 80.3 Å². The van der Waals surface area contributed by atoms with E-state index in [1.165, 1.54) is 11.1 Å². The van der Waals surface area contributed by atoms with E-state index in [9.17, 15) is 9.59 Å². The van der Waals surface area contributed by atoms with Crippen molar-refractivity contribution in [2.75, 3.05) is 44.7 Å². The number of rotatable bonds is 2. The van der Waals surface area contributed by atoms with Gasteiger partial charge in [0.15, 0.2) is 0 Å². The first-order valence-corrected chi connectivity index (χ1v) is 13.2. The minimum absolute atomic E-state index is 0.0900. The number of piperidine rings is 1. The molecule has 1 N–H and O–H groups in total. The summed E-state index contributed by atoms with van der Waals surface area (Å²) < 4.78 is 17.3. The Morgan fingerprint density at radius 3 is 2.24 bits per heavy atom. The Balaban J connectivity index is 1.19. The van der Waals surface area contributed by atoms with Crippen molar-refractivity contribution in [3.05, 3.63) is 53.6 Å². The van der Waals surface area contributed by atoms with Gasteiger partial charge in [-0.1, -0.05) is 24.3 Å². The first kappa shape index (κ1) is 25.5. The fourth-order valence-corrected chi connectivity index (χ4v) is 5.20. The van der Waals surface area contributed by atoms with Crippen LogP contribution >= 0.6 is 0 Å².